The van der Waals surface area contributed by atoms with E-state index in [0.29, 0.717) is 5.82 Å². The minimum Gasteiger partial charge on any atom is -0.383 e. The highest BCUT2D eigenvalue weighted by atomic mass is 127. The maximum Gasteiger partial charge on any atom is 0.160 e. The lowest BCUT2D eigenvalue weighted by Crippen LogP contribution is -2.19. The molecule has 0 aromatic carbocycles. The number of nitrogen functional groups attached to an aromatic ring is 1. The summed E-state index contributed by atoms with van der Waals surface area (Å²) < 4.78 is 6.54. The third-order valence-corrected chi connectivity index (χ3v) is 4.49. The summed E-state index contributed by atoms with van der Waals surface area (Å²) in [5.74, 6) is 3.24. The average Bonchev–Trinajstić information content (AvgIpc) is 2.26. The predicted octanol–water partition coefficient (Wildman–Crippen LogP) is 1.78. The van der Waals surface area contributed by atoms with E-state index in [4.69, 9.17) is 10.5 Å². The molecule has 1 fully saturated rings. The number of thioether (sulfide) groups is 1. The first-order valence-corrected chi connectivity index (χ1v) is 6.90. The summed E-state index contributed by atoms with van der Waals surface area (Å²) in [5.41, 5.74) is 6.74. The first-order chi connectivity index (χ1) is 7.18. The van der Waals surface area contributed by atoms with Crippen LogP contribution in [0, 0.1) is 10.5 Å². The van der Waals surface area contributed by atoms with E-state index in [0.717, 1.165) is 33.2 Å². The van der Waals surface area contributed by atoms with Gasteiger partial charge in [-0.1, -0.05) is 0 Å². The van der Waals surface area contributed by atoms with Crippen molar-refractivity contribution in [2.75, 3.05) is 23.8 Å². The summed E-state index contributed by atoms with van der Waals surface area (Å²) in [5, 5.41) is 0. The minimum absolute atomic E-state index is 0.00162. The summed E-state index contributed by atoms with van der Waals surface area (Å²) in [7, 11) is 0. The number of halogens is 1. The molecule has 1 aliphatic rings. The molecule has 1 aromatic rings. The van der Waals surface area contributed by atoms with Gasteiger partial charge in [0.1, 0.15) is 11.9 Å². The SMILES string of the molecule is Cc1nc(C2CSCCO2)nc(N)c1I. The van der Waals surface area contributed by atoms with Gasteiger partial charge in [0.15, 0.2) is 5.82 Å². The van der Waals surface area contributed by atoms with Crippen molar-refractivity contribution in [1.82, 2.24) is 9.97 Å². The van der Waals surface area contributed by atoms with E-state index in [1.165, 1.54) is 0 Å². The van der Waals surface area contributed by atoms with Crippen LogP contribution in [-0.2, 0) is 4.74 Å². The molecule has 2 N–H and O–H groups in total. The largest absolute Gasteiger partial charge is 0.383 e. The molecule has 1 aromatic heterocycles. The Morgan fingerprint density at radius 2 is 2.33 bits per heavy atom. The fraction of sp³-hybridized carbons (Fsp3) is 0.556. The molecule has 0 radical (unpaired) electrons. The second-order valence-electron chi connectivity index (χ2n) is 3.30. The topological polar surface area (TPSA) is 61.0 Å². The molecule has 2 rings (SSSR count). The van der Waals surface area contributed by atoms with Crippen LogP contribution in [-0.4, -0.2) is 28.1 Å². The Balaban J connectivity index is 2.27. The number of nitrogens with zero attached hydrogens (tertiary/aromatic N) is 2. The highest BCUT2D eigenvalue weighted by Gasteiger charge is 2.20. The molecule has 2 heterocycles. The number of anilines is 1. The van der Waals surface area contributed by atoms with Gasteiger partial charge >= 0.3 is 0 Å². The predicted molar refractivity (Wildman–Crippen MR) is 69.9 cm³/mol. The molecule has 0 saturated carbocycles. The van der Waals surface area contributed by atoms with Gasteiger partial charge in [-0.2, -0.15) is 11.8 Å². The number of aromatic nitrogens is 2. The zero-order valence-corrected chi connectivity index (χ0v) is 11.3. The second kappa shape index (κ2) is 4.84. The van der Waals surface area contributed by atoms with E-state index >= 15 is 0 Å². The van der Waals surface area contributed by atoms with Gasteiger partial charge in [0, 0.05) is 11.5 Å². The zero-order valence-electron chi connectivity index (χ0n) is 8.36. The van der Waals surface area contributed by atoms with Gasteiger partial charge in [-0.15, -0.1) is 0 Å². The molecule has 1 aliphatic heterocycles. The molecule has 0 bridgehead atoms. The Morgan fingerprint density at radius 1 is 1.53 bits per heavy atom. The molecule has 6 heteroatoms. The Bertz CT molecular complexity index is 345. The van der Waals surface area contributed by atoms with E-state index < -0.39 is 0 Å². The van der Waals surface area contributed by atoms with Crippen molar-refractivity contribution < 1.29 is 4.74 Å². The van der Waals surface area contributed by atoms with E-state index in [-0.39, 0.29) is 6.10 Å². The monoisotopic (exact) mass is 337 g/mol. The van der Waals surface area contributed by atoms with E-state index in [1.54, 1.807) is 0 Å². The van der Waals surface area contributed by atoms with Crippen molar-refractivity contribution in [2.24, 2.45) is 0 Å². The number of hydrogen-bond donors (Lipinski definition) is 1. The van der Waals surface area contributed by atoms with Crippen molar-refractivity contribution in [2.45, 2.75) is 13.0 Å². The number of rotatable bonds is 1. The first-order valence-electron chi connectivity index (χ1n) is 4.67. The van der Waals surface area contributed by atoms with Gasteiger partial charge in [0.25, 0.3) is 0 Å². The summed E-state index contributed by atoms with van der Waals surface area (Å²) in [6.07, 6.45) is 0.00162. The molecule has 1 unspecified atom stereocenters. The van der Waals surface area contributed by atoms with Crippen molar-refractivity contribution >= 4 is 40.2 Å². The van der Waals surface area contributed by atoms with Crippen LogP contribution >= 0.6 is 34.4 Å². The summed E-state index contributed by atoms with van der Waals surface area (Å²) in [4.78, 5) is 8.70. The Kier molecular flexibility index (Phi) is 3.68. The highest BCUT2D eigenvalue weighted by molar-refractivity contribution is 14.1. The number of nitrogens with two attached hydrogens (primary N) is 1. The number of aryl methyl sites for hydroxylation is 1. The molecular weight excluding hydrogens is 325 g/mol. The van der Waals surface area contributed by atoms with Gasteiger partial charge in [0.05, 0.1) is 15.9 Å². The Morgan fingerprint density at radius 3 is 2.93 bits per heavy atom. The summed E-state index contributed by atoms with van der Waals surface area (Å²) in [6.45, 7) is 2.71. The molecule has 1 saturated heterocycles. The minimum atomic E-state index is 0.00162. The van der Waals surface area contributed by atoms with Gasteiger partial charge < -0.3 is 10.5 Å². The fourth-order valence-electron chi connectivity index (χ4n) is 1.38. The quantitative estimate of drug-likeness (QED) is 0.792. The van der Waals surface area contributed by atoms with Crippen LogP contribution in [0.25, 0.3) is 0 Å². The Labute approximate surface area is 107 Å². The van der Waals surface area contributed by atoms with Crippen LogP contribution in [0.1, 0.15) is 17.6 Å². The maximum absolute atomic E-state index is 5.81. The summed E-state index contributed by atoms with van der Waals surface area (Å²) in [6, 6.07) is 0. The number of ether oxygens (including phenoxy) is 1. The van der Waals surface area contributed by atoms with E-state index in [9.17, 15) is 0 Å². The van der Waals surface area contributed by atoms with E-state index in [2.05, 4.69) is 32.6 Å². The van der Waals surface area contributed by atoms with Crippen molar-refractivity contribution in [3.8, 4) is 0 Å². The molecule has 0 spiro atoms. The van der Waals surface area contributed by atoms with Gasteiger partial charge in [-0.3, -0.25) is 0 Å². The van der Waals surface area contributed by atoms with Crippen molar-refractivity contribution in [3.05, 3.63) is 15.1 Å². The molecule has 4 nitrogen and oxygen atoms in total. The van der Waals surface area contributed by atoms with Crippen LogP contribution in [0.4, 0.5) is 5.82 Å². The molecule has 1 atom stereocenters. The number of hydrogen-bond acceptors (Lipinski definition) is 5. The summed E-state index contributed by atoms with van der Waals surface area (Å²) >= 11 is 4.03. The first kappa shape index (κ1) is 11.4. The van der Waals surface area contributed by atoms with Crippen LogP contribution < -0.4 is 5.73 Å². The second-order valence-corrected chi connectivity index (χ2v) is 5.53. The van der Waals surface area contributed by atoms with Crippen LogP contribution in [0.15, 0.2) is 0 Å². The van der Waals surface area contributed by atoms with Crippen molar-refractivity contribution in [3.63, 3.8) is 0 Å². The van der Waals surface area contributed by atoms with E-state index in [1.807, 2.05) is 18.7 Å². The van der Waals surface area contributed by atoms with Gasteiger partial charge in [-0.25, -0.2) is 9.97 Å². The Hall–Kier alpha value is -0.0800. The maximum atomic E-state index is 5.81. The molecule has 82 valence electrons. The molecular formula is C9H12IN3OS. The van der Waals surface area contributed by atoms with Crippen LogP contribution in [0.5, 0.6) is 0 Å². The van der Waals surface area contributed by atoms with Crippen LogP contribution in [0.3, 0.4) is 0 Å². The van der Waals surface area contributed by atoms with Gasteiger partial charge in [0.2, 0.25) is 0 Å². The molecule has 0 amide bonds. The lowest BCUT2D eigenvalue weighted by Gasteiger charge is -2.21. The highest BCUT2D eigenvalue weighted by Crippen LogP contribution is 2.26. The van der Waals surface area contributed by atoms with Crippen LogP contribution in [0.2, 0.25) is 0 Å². The fourth-order valence-corrected chi connectivity index (χ4v) is 2.47. The lowest BCUT2D eigenvalue weighted by molar-refractivity contribution is 0.0694. The smallest absolute Gasteiger partial charge is 0.160 e. The standard InChI is InChI=1S/C9H12IN3OS/c1-5-7(10)8(11)13-9(12-5)6-4-15-3-2-14-6/h6H,2-4H2,1H3,(H2,11,12,13). The third kappa shape index (κ3) is 2.54. The third-order valence-electron chi connectivity index (χ3n) is 2.16. The lowest BCUT2D eigenvalue weighted by atomic mass is 10.3. The zero-order chi connectivity index (χ0) is 10.8. The average molecular weight is 337 g/mol. The molecule has 15 heavy (non-hydrogen) atoms. The normalized spacial score (nSPS) is 21.6. The molecule has 0 aliphatic carbocycles. The van der Waals surface area contributed by atoms with Gasteiger partial charge in [-0.05, 0) is 29.5 Å². The van der Waals surface area contributed by atoms with Crippen molar-refractivity contribution in [1.29, 1.82) is 0 Å².